The first-order valence-corrected chi connectivity index (χ1v) is 11.4. The molecular formula is C23H31N3O3S. The molecule has 0 aromatic carbocycles. The summed E-state index contributed by atoms with van der Waals surface area (Å²) >= 11 is 1.26. The van der Waals surface area contributed by atoms with Crippen molar-refractivity contribution < 1.29 is 14.3 Å². The lowest BCUT2D eigenvalue weighted by molar-refractivity contribution is -0.123. The number of nitrogens with zero attached hydrogens (tertiary/aromatic N) is 1. The number of aromatic nitrogens is 1. The Hall–Kier alpha value is -2.41. The van der Waals surface area contributed by atoms with Crippen LogP contribution in [0.2, 0.25) is 0 Å². The second kappa shape index (κ2) is 9.60. The van der Waals surface area contributed by atoms with Gasteiger partial charge < -0.3 is 15.4 Å². The Bertz CT molecular complexity index is 895. The van der Waals surface area contributed by atoms with Crippen LogP contribution in [-0.2, 0) is 4.79 Å². The summed E-state index contributed by atoms with van der Waals surface area (Å²) in [5, 5.41) is 6.42. The highest BCUT2D eigenvalue weighted by Crippen LogP contribution is 2.31. The molecule has 2 N–H and O–H groups in total. The highest BCUT2D eigenvalue weighted by molar-refractivity contribution is 7.18. The largest absolute Gasteiger partial charge is 0.489 e. The van der Waals surface area contributed by atoms with Gasteiger partial charge in [-0.3, -0.25) is 9.59 Å². The summed E-state index contributed by atoms with van der Waals surface area (Å²) < 4.78 is 6.01. The van der Waals surface area contributed by atoms with E-state index in [4.69, 9.17) is 4.74 Å². The van der Waals surface area contributed by atoms with E-state index in [0.29, 0.717) is 34.0 Å². The molecule has 3 rings (SSSR count). The SMILES string of the molecule is Cc1cc(NC(=O)C(C)(C)C)sc1C(=O)Nc1ncccc1OCC1CCCCC1. The predicted molar refractivity (Wildman–Crippen MR) is 121 cm³/mol. The lowest BCUT2D eigenvalue weighted by atomic mass is 9.90. The fraction of sp³-hybridized carbons (Fsp3) is 0.522. The van der Waals surface area contributed by atoms with Crippen LogP contribution in [0.1, 0.15) is 68.1 Å². The van der Waals surface area contributed by atoms with E-state index in [2.05, 4.69) is 15.6 Å². The third-order valence-corrected chi connectivity index (χ3v) is 6.40. The van der Waals surface area contributed by atoms with Gasteiger partial charge in [-0.2, -0.15) is 0 Å². The molecule has 1 fully saturated rings. The average molecular weight is 430 g/mol. The molecule has 0 bridgehead atoms. The van der Waals surface area contributed by atoms with Crippen molar-refractivity contribution in [2.24, 2.45) is 11.3 Å². The summed E-state index contributed by atoms with van der Waals surface area (Å²) in [6.07, 6.45) is 7.86. The van der Waals surface area contributed by atoms with Gasteiger partial charge in [-0.1, -0.05) is 40.0 Å². The van der Waals surface area contributed by atoms with E-state index in [1.165, 1.54) is 43.4 Å². The average Bonchev–Trinajstić information content (AvgIpc) is 3.07. The van der Waals surface area contributed by atoms with Gasteiger partial charge in [0.1, 0.15) is 0 Å². The van der Waals surface area contributed by atoms with Gasteiger partial charge in [-0.05, 0) is 49.4 Å². The van der Waals surface area contributed by atoms with E-state index >= 15 is 0 Å². The fourth-order valence-corrected chi connectivity index (χ4v) is 4.36. The van der Waals surface area contributed by atoms with E-state index in [-0.39, 0.29) is 11.8 Å². The molecule has 162 valence electrons. The van der Waals surface area contributed by atoms with Crippen LogP contribution in [-0.4, -0.2) is 23.4 Å². The topological polar surface area (TPSA) is 80.3 Å². The quantitative estimate of drug-likeness (QED) is 0.622. The summed E-state index contributed by atoms with van der Waals surface area (Å²) in [7, 11) is 0. The van der Waals surface area contributed by atoms with Crippen LogP contribution in [0.3, 0.4) is 0 Å². The molecule has 7 heteroatoms. The zero-order valence-electron chi connectivity index (χ0n) is 18.2. The van der Waals surface area contributed by atoms with Crippen LogP contribution in [0, 0.1) is 18.3 Å². The summed E-state index contributed by atoms with van der Waals surface area (Å²) in [5.74, 6) is 1.24. The molecule has 2 heterocycles. The first-order valence-electron chi connectivity index (χ1n) is 10.5. The highest BCUT2D eigenvalue weighted by atomic mass is 32.1. The van der Waals surface area contributed by atoms with Crippen molar-refractivity contribution in [3.8, 4) is 5.75 Å². The molecule has 2 aromatic rings. The predicted octanol–water partition coefficient (Wildman–Crippen LogP) is 5.65. The Labute approximate surface area is 182 Å². The number of nitrogens with one attached hydrogen (secondary N) is 2. The molecule has 30 heavy (non-hydrogen) atoms. The molecule has 0 radical (unpaired) electrons. The lowest BCUT2D eigenvalue weighted by Gasteiger charge is -2.22. The summed E-state index contributed by atoms with van der Waals surface area (Å²) in [4.78, 5) is 30.0. The number of amides is 2. The van der Waals surface area contributed by atoms with E-state index in [1.807, 2.05) is 45.9 Å². The standard InChI is InChI=1S/C23H31N3O3S/c1-15-13-18(25-22(28)23(2,3)4)30-19(15)21(27)26-20-17(11-8-12-24-20)29-14-16-9-6-5-7-10-16/h8,11-13,16H,5-7,9-10,14H2,1-4H3,(H,25,28)(H,24,26,27). The first-order chi connectivity index (χ1) is 14.2. The minimum Gasteiger partial charge on any atom is -0.489 e. The number of thiophene rings is 1. The Morgan fingerprint density at radius 2 is 1.93 bits per heavy atom. The maximum absolute atomic E-state index is 12.9. The third kappa shape index (κ3) is 5.81. The van der Waals surface area contributed by atoms with Gasteiger partial charge in [-0.25, -0.2) is 4.98 Å². The number of anilines is 2. The third-order valence-electron chi connectivity index (χ3n) is 5.24. The van der Waals surface area contributed by atoms with Crippen LogP contribution in [0.25, 0.3) is 0 Å². The first kappa shape index (κ1) is 22.3. The van der Waals surface area contributed by atoms with Gasteiger partial charge in [0, 0.05) is 11.6 Å². The number of rotatable bonds is 6. The minimum absolute atomic E-state index is 0.0844. The Balaban J connectivity index is 1.67. The van der Waals surface area contributed by atoms with Crippen molar-refractivity contribution >= 4 is 34.0 Å². The lowest BCUT2D eigenvalue weighted by Crippen LogP contribution is -2.27. The van der Waals surface area contributed by atoms with Gasteiger partial charge in [0.15, 0.2) is 11.6 Å². The molecule has 1 aliphatic rings. The van der Waals surface area contributed by atoms with Crippen LogP contribution in [0.15, 0.2) is 24.4 Å². The summed E-state index contributed by atoms with van der Waals surface area (Å²) in [6.45, 7) is 8.07. The fourth-order valence-electron chi connectivity index (χ4n) is 3.40. The number of hydrogen-bond donors (Lipinski definition) is 2. The number of carbonyl (C=O) groups is 2. The summed E-state index contributed by atoms with van der Waals surface area (Å²) in [5.41, 5.74) is 0.307. The maximum atomic E-state index is 12.9. The van der Waals surface area contributed by atoms with Gasteiger partial charge in [0.25, 0.3) is 5.91 Å². The number of hydrogen-bond acceptors (Lipinski definition) is 5. The Kier molecular flexibility index (Phi) is 7.13. The molecular weight excluding hydrogens is 398 g/mol. The van der Waals surface area contributed by atoms with Crippen molar-refractivity contribution in [3.05, 3.63) is 34.8 Å². The molecule has 6 nitrogen and oxygen atoms in total. The zero-order chi connectivity index (χ0) is 21.7. The summed E-state index contributed by atoms with van der Waals surface area (Å²) in [6, 6.07) is 5.46. The minimum atomic E-state index is -0.501. The van der Waals surface area contributed by atoms with Crippen LogP contribution in [0.5, 0.6) is 5.75 Å². The molecule has 0 aliphatic heterocycles. The number of pyridine rings is 1. The second-order valence-corrected chi connectivity index (χ2v) is 10.00. The molecule has 2 aromatic heterocycles. The number of carbonyl (C=O) groups excluding carboxylic acids is 2. The molecule has 0 spiro atoms. The molecule has 0 atom stereocenters. The van der Waals surface area contributed by atoms with Crippen molar-refractivity contribution in [1.29, 1.82) is 0 Å². The number of ether oxygens (including phenoxy) is 1. The van der Waals surface area contributed by atoms with Crippen molar-refractivity contribution in [2.75, 3.05) is 17.2 Å². The van der Waals surface area contributed by atoms with Crippen molar-refractivity contribution in [3.63, 3.8) is 0 Å². The van der Waals surface area contributed by atoms with Crippen LogP contribution >= 0.6 is 11.3 Å². The molecule has 0 saturated heterocycles. The second-order valence-electron chi connectivity index (χ2n) is 8.95. The maximum Gasteiger partial charge on any atom is 0.267 e. The van der Waals surface area contributed by atoms with E-state index in [9.17, 15) is 9.59 Å². The molecule has 1 aliphatic carbocycles. The highest BCUT2D eigenvalue weighted by Gasteiger charge is 2.23. The van der Waals surface area contributed by atoms with E-state index in [1.54, 1.807) is 6.20 Å². The molecule has 0 unspecified atom stereocenters. The van der Waals surface area contributed by atoms with Crippen molar-refractivity contribution in [1.82, 2.24) is 4.98 Å². The normalized spacial score (nSPS) is 14.9. The van der Waals surface area contributed by atoms with Gasteiger partial charge in [0.2, 0.25) is 5.91 Å². The van der Waals surface area contributed by atoms with Crippen LogP contribution in [0.4, 0.5) is 10.8 Å². The monoisotopic (exact) mass is 429 g/mol. The Morgan fingerprint density at radius 1 is 1.20 bits per heavy atom. The van der Waals surface area contributed by atoms with E-state index < -0.39 is 5.41 Å². The Morgan fingerprint density at radius 3 is 2.63 bits per heavy atom. The van der Waals surface area contributed by atoms with Crippen molar-refractivity contribution in [2.45, 2.75) is 59.8 Å². The molecule has 1 saturated carbocycles. The van der Waals surface area contributed by atoms with Crippen LogP contribution < -0.4 is 15.4 Å². The smallest absolute Gasteiger partial charge is 0.267 e. The van der Waals surface area contributed by atoms with E-state index in [0.717, 1.165) is 5.56 Å². The van der Waals surface area contributed by atoms with Gasteiger partial charge in [-0.15, -0.1) is 11.3 Å². The van der Waals surface area contributed by atoms with Gasteiger partial charge >= 0.3 is 0 Å². The number of aryl methyl sites for hydroxylation is 1. The zero-order valence-corrected chi connectivity index (χ0v) is 19.0. The van der Waals surface area contributed by atoms with Gasteiger partial charge in [0.05, 0.1) is 16.5 Å². The molecule has 2 amide bonds.